The number of hydrogen-bond acceptors (Lipinski definition) is 5. The first-order chi connectivity index (χ1) is 15.8. The molecule has 5 N–H and O–H groups in total. The van der Waals surface area contributed by atoms with E-state index in [1.54, 1.807) is 6.07 Å². The summed E-state index contributed by atoms with van der Waals surface area (Å²) in [6, 6.07) is 3.32. The quantitative estimate of drug-likeness (QED) is 0.414. The average molecular weight is 453 g/mol. The number of nitrogens with two attached hydrogens (primary N) is 2. The van der Waals surface area contributed by atoms with E-state index in [4.69, 9.17) is 17.9 Å². The summed E-state index contributed by atoms with van der Waals surface area (Å²) < 4.78 is 0.0778. The van der Waals surface area contributed by atoms with Gasteiger partial charge in [-0.05, 0) is 44.2 Å². The molecule has 4 atom stereocenters. The molecule has 178 valence electrons. The van der Waals surface area contributed by atoms with Gasteiger partial charge in [0.2, 0.25) is 0 Å². The summed E-state index contributed by atoms with van der Waals surface area (Å²) >= 11 is 0. The van der Waals surface area contributed by atoms with E-state index in [2.05, 4.69) is 16.2 Å². The van der Waals surface area contributed by atoms with Gasteiger partial charge in [0.1, 0.15) is 18.4 Å². The summed E-state index contributed by atoms with van der Waals surface area (Å²) in [6.07, 6.45) is 14.8. The predicted octanol–water partition coefficient (Wildman–Crippen LogP) is 2.42. The second-order valence-corrected chi connectivity index (χ2v) is 10.4. The van der Waals surface area contributed by atoms with Crippen LogP contribution in [-0.2, 0) is 16.1 Å². The second kappa shape index (κ2) is 9.44. The van der Waals surface area contributed by atoms with Gasteiger partial charge in [-0.1, -0.05) is 38.0 Å². The lowest BCUT2D eigenvalue weighted by atomic mass is 9.83. The molecule has 3 fully saturated rings. The van der Waals surface area contributed by atoms with Crippen LogP contribution in [0, 0.1) is 31.1 Å². The number of nitrogen functional groups attached to an aromatic ring is 1. The number of likely N-dealkylation sites (tertiary alicyclic amines) is 1. The van der Waals surface area contributed by atoms with Crippen LogP contribution in [0.15, 0.2) is 12.1 Å². The first-order valence-corrected chi connectivity index (χ1v) is 12.4. The van der Waals surface area contributed by atoms with Crippen molar-refractivity contribution in [2.75, 3.05) is 18.8 Å². The number of quaternary nitrogens is 1. The van der Waals surface area contributed by atoms with E-state index in [9.17, 15) is 9.59 Å². The Kier molecular flexibility index (Phi) is 6.78. The van der Waals surface area contributed by atoms with Crippen molar-refractivity contribution in [2.24, 2.45) is 17.6 Å². The van der Waals surface area contributed by atoms with Crippen molar-refractivity contribution in [3.8, 4) is 12.3 Å². The first kappa shape index (κ1) is 23.7. The highest BCUT2D eigenvalue weighted by Gasteiger charge is 2.76. The van der Waals surface area contributed by atoms with E-state index < -0.39 is 5.54 Å². The van der Waals surface area contributed by atoms with Crippen LogP contribution in [0.1, 0.15) is 69.0 Å². The molecule has 0 radical (unpaired) electrons. The SMILES string of the molecule is C#CCN[C@H](CC1CCCCC1)C(=O)[N+]1(Cc2ccc(N)nc2C)CCC[C@@H]2C[C@@]21C(N)=O. The lowest BCUT2D eigenvalue weighted by Gasteiger charge is -2.46. The number of hydrogen-bond donors (Lipinski definition) is 3. The summed E-state index contributed by atoms with van der Waals surface area (Å²) in [4.78, 5) is 31.9. The second-order valence-electron chi connectivity index (χ2n) is 10.4. The fraction of sp³-hybridized carbons (Fsp3) is 0.654. The maximum atomic E-state index is 14.5. The van der Waals surface area contributed by atoms with Gasteiger partial charge in [0.15, 0.2) is 5.54 Å². The third-order valence-corrected chi connectivity index (χ3v) is 8.48. The Morgan fingerprint density at radius 2 is 2.03 bits per heavy atom. The third-order valence-electron chi connectivity index (χ3n) is 8.48. The molecule has 7 nitrogen and oxygen atoms in total. The molecule has 1 aliphatic heterocycles. The Hall–Kier alpha value is -2.43. The van der Waals surface area contributed by atoms with Crippen LogP contribution in [0.2, 0.25) is 0 Å². The van der Waals surface area contributed by atoms with Crippen LogP contribution in [-0.4, -0.2) is 46.0 Å². The highest BCUT2D eigenvalue weighted by molar-refractivity contribution is 5.91. The Bertz CT molecular complexity index is 950. The molecule has 1 unspecified atom stereocenters. The fourth-order valence-electron chi connectivity index (χ4n) is 6.68. The van der Waals surface area contributed by atoms with Gasteiger partial charge < -0.3 is 11.5 Å². The number of aryl methyl sites for hydroxylation is 1. The minimum absolute atomic E-state index is 0.0630. The van der Waals surface area contributed by atoms with Gasteiger partial charge in [-0.15, -0.1) is 6.42 Å². The van der Waals surface area contributed by atoms with E-state index >= 15 is 0 Å². The Morgan fingerprint density at radius 3 is 2.70 bits per heavy atom. The molecule has 2 amide bonds. The number of nitrogens with zero attached hydrogens (tertiary/aromatic N) is 2. The summed E-state index contributed by atoms with van der Waals surface area (Å²) in [7, 11) is 0. The third kappa shape index (κ3) is 4.27. The molecule has 1 saturated heterocycles. The molecule has 0 bridgehead atoms. The van der Waals surface area contributed by atoms with E-state index in [-0.39, 0.29) is 28.3 Å². The van der Waals surface area contributed by atoms with Crippen LogP contribution >= 0.6 is 0 Å². The van der Waals surface area contributed by atoms with Crippen LogP contribution in [0.3, 0.4) is 0 Å². The fourth-order valence-corrected chi connectivity index (χ4v) is 6.68. The molecular weight excluding hydrogens is 414 g/mol. The van der Waals surface area contributed by atoms with E-state index in [0.29, 0.717) is 37.8 Å². The Balaban J connectivity index is 1.73. The number of carbonyl (C=O) groups is 2. The maximum absolute atomic E-state index is 14.5. The molecule has 0 spiro atoms. The molecule has 33 heavy (non-hydrogen) atoms. The minimum atomic E-state index is -0.828. The van der Waals surface area contributed by atoms with Crippen LogP contribution in [0.5, 0.6) is 0 Å². The Labute approximate surface area is 197 Å². The van der Waals surface area contributed by atoms with Gasteiger partial charge in [0.25, 0.3) is 5.91 Å². The molecule has 3 aliphatic rings. The number of carbonyl (C=O) groups excluding carboxylic acids is 2. The number of nitrogens with one attached hydrogen (secondary N) is 1. The van der Waals surface area contributed by atoms with Gasteiger partial charge in [-0.25, -0.2) is 14.3 Å². The molecule has 2 saturated carbocycles. The summed E-state index contributed by atoms with van der Waals surface area (Å²) in [5, 5.41) is 3.35. The first-order valence-electron chi connectivity index (χ1n) is 12.4. The summed E-state index contributed by atoms with van der Waals surface area (Å²) in [5.41, 5.74) is 12.9. The number of piperidine rings is 1. The molecule has 2 heterocycles. The zero-order valence-corrected chi connectivity index (χ0v) is 19.8. The molecule has 1 aromatic rings. The monoisotopic (exact) mass is 452 g/mol. The van der Waals surface area contributed by atoms with E-state index in [0.717, 1.165) is 43.4 Å². The smallest absolute Gasteiger partial charge is 0.331 e. The van der Waals surface area contributed by atoms with Gasteiger partial charge in [0, 0.05) is 23.6 Å². The Morgan fingerprint density at radius 1 is 1.27 bits per heavy atom. The topological polar surface area (TPSA) is 111 Å². The molecular formula is C26H38N5O2+. The zero-order valence-electron chi connectivity index (χ0n) is 19.8. The van der Waals surface area contributed by atoms with Crippen LogP contribution in [0.25, 0.3) is 0 Å². The molecule has 1 aromatic heterocycles. The van der Waals surface area contributed by atoms with Crippen molar-refractivity contribution in [3.05, 3.63) is 23.4 Å². The lowest BCUT2D eigenvalue weighted by molar-refractivity contribution is -0.900. The number of terminal acetylenes is 1. The lowest BCUT2D eigenvalue weighted by Crippen LogP contribution is -2.71. The van der Waals surface area contributed by atoms with Gasteiger partial charge in [-0.3, -0.25) is 10.1 Å². The largest absolute Gasteiger partial charge is 0.384 e. The van der Waals surface area contributed by atoms with Crippen molar-refractivity contribution >= 4 is 17.6 Å². The van der Waals surface area contributed by atoms with Crippen LogP contribution in [0.4, 0.5) is 5.82 Å². The predicted molar refractivity (Wildman–Crippen MR) is 128 cm³/mol. The highest BCUT2D eigenvalue weighted by atomic mass is 16.2. The van der Waals surface area contributed by atoms with Crippen molar-refractivity contribution in [2.45, 2.75) is 82.8 Å². The maximum Gasteiger partial charge on any atom is 0.331 e. The zero-order chi connectivity index (χ0) is 23.6. The molecule has 0 aromatic carbocycles. The van der Waals surface area contributed by atoms with Crippen molar-refractivity contribution in [1.29, 1.82) is 0 Å². The van der Waals surface area contributed by atoms with Crippen LogP contribution < -0.4 is 16.8 Å². The molecule has 4 rings (SSSR count). The van der Waals surface area contributed by atoms with Crippen molar-refractivity contribution in [1.82, 2.24) is 10.3 Å². The van der Waals surface area contributed by atoms with Crippen molar-refractivity contribution < 1.29 is 14.1 Å². The van der Waals surface area contributed by atoms with E-state index in [1.807, 2.05) is 13.0 Å². The van der Waals surface area contributed by atoms with E-state index in [1.165, 1.54) is 19.3 Å². The number of rotatable bonds is 8. The number of pyridine rings is 1. The average Bonchev–Trinajstić information content (AvgIpc) is 3.56. The summed E-state index contributed by atoms with van der Waals surface area (Å²) in [6.45, 7) is 3.27. The van der Waals surface area contributed by atoms with Gasteiger partial charge >= 0.3 is 5.91 Å². The number of primary amides is 1. The molecule has 7 heteroatoms. The number of fused-ring (bicyclic) bond motifs is 1. The highest BCUT2D eigenvalue weighted by Crippen LogP contribution is 2.59. The number of anilines is 1. The summed E-state index contributed by atoms with van der Waals surface area (Å²) in [5.74, 6) is 3.47. The van der Waals surface area contributed by atoms with Crippen molar-refractivity contribution in [3.63, 3.8) is 0 Å². The standard InChI is InChI=1S/C26H37N5O2/c1-3-13-29-22(15-19-8-5-4-6-9-19)24(32)31(17-20-11-12-23(27)30-18(20)2)14-7-10-21-16-26(21,31)25(28)33/h1,11-12,19,21-22,29H,4-10,13-17H2,2H3,(H3-,27,28,30,33)/p+1/t21-,22-,26+,31?/m1/s1. The molecule has 2 aliphatic carbocycles. The minimum Gasteiger partial charge on any atom is -0.384 e. The van der Waals surface area contributed by atoms with Gasteiger partial charge in [0.05, 0.1) is 13.1 Å². The normalized spacial score (nSPS) is 30.1. The number of amides is 2. The van der Waals surface area contributed by atoms with Gasteiger partial charge in [-0.2, -0.15) is 0 Å². The number of aromatic nitrogens is 1.